The van der Waals surface area contributed by atoms with Crippen LogP contribution < -0.4 is 15.4 Å². The number of halogens is 1. The van der Waals surface area contributed by atoms with Crippen molar-refractivity contribution in [3.8, 4) is 5.75 Å². The molecule has 0 bridgehead atoms. The molecule has 138 valence electrons. The molecular formula is C19H21ClN2O3S. The van der Waals surface area contributed by atoms with Crippen molar-refractivity contribution in [3.05, 3.63) is 53.1 Å². The molecule has 2 aromatic rings. The standard InChI is InChI=1S/C19H21ClN2O3S/c1-3-25-16-8-6-15(7-9-16)21-18(23)11-26-12-19(24)22-17-10-14(20)5-4-13(17)2/h4-10H,3,11-12H2,1-2H3,(H,21,23)(H,22,24). The van der Waals surface area contributed by atoms with Crippen LogP contribution in [0.2, 0.25) is 5.02 Å². The van der Waals surface area contributed by atoms with Gasteiger partial charge in [-0.1, -0.05) is 17.7 Å². The van der Waals surface area contributed by atoms with Gasteiger partial charge in [0.25, 0.3) is 0 Å². The Morgan fingerprint density at radius 3 is 2.35 bits per heavy atom. The van der Waals surface area contributed by atoms with E-state index in [0.29, 0.717) is 23.0 Å². The van der Waals surface area contributed by atoms with Gasteiger partial charge in [0.2, 0.25) is 11.8 Å². The first-order valence-corrected chi connectivity index (χ1v) is 9.67. The molecule has 0 aliphatic rings. The lowest BCUT2D eigenvalue weighted by Crippen LogP contribution is -2.18. The van der Waals surface area contributed by atoms with E-state index in [-0.39, 0.29) is 23.3 Å². The molecule has 0 saturated carbocycles. The normalized spacial score (nSPS) is 10.3. The first-order chi connectivity index (χ1) is 12.5. The number of thioether (sulfide) groups is 1. The molecule has 26 heavy (non-hydrogen) atoms. The second-order valence-electron chi connectivity index (χ2n) is 5.51. The molecule has 0 aliphatic heterocycles. The number of benzene rings is 2. The SMILES string of the molecule is CCOc1ccc(NC(=O)CSCC(=O)Nc2cc(Cl)ccc2C)cc1. The van der Waals surface area contributed by atoms with Gasteiger partial charge in [-0.3, -0.25) is 9.59 Å². The molecule has 0 fully saturated rings. The largest absolute Gasteiger partial charge is 0.494 e. The molecule has 2 N–H and O–H groups in total. The highest BCUT2D eigenvalue weighted by molar-refractivity contribution is 8.00. The maximum atomic E-state index is 12.0. The summed E-state index contributed by atoms with van der Waals surface area (Å²) in [5, 5.41) is 6.15. The predicted molar refractivity (Wildman–Crippen MR) is 108 cm³/mol. The lowest BCUT2D eigenvalue weighted by molar-refractivity contribution is -0.114. The molecule has 0 aromatic heterocycles. The summed E-state index contributed by atoms with van der Waals surface area (Å²) in [7, 11) is 0. The monoisotopic (exact) mass is 392 g/mol. The van der Waals surface area contributed by atoms with E-state index in [4.69, 9.17) is 16.3 Å². The van der Waals surface area contributed by atoms with E-state index in [2.05, 4.69) is 10.6 Å². The van der Waals surface area contributed by atoms with Gasteiger partial charge in [0.05, 0.1) is 18.1 Å². The third-order valence-electron chi connectivity index (χ3n) is 3.39. The number of aryl methyl sites for hydroxylation is 1. The molecule has 0 heterocycles. The quantitative estimate of drug-likeness (QED) is 0.700. The second kappa shape index (κ2) is 10.1. The summed E-state index contributed by atoms with van der Waals surface area (Å²) in [6.07, 6.45) is 0. The van der Waals surface area contributed by atoms with Gasteiger partial charge in [0, 0.05) is 16.4 Å². The summed E-state index contributed by atoms with van der Waals surface area (Å²) in [6.45, 7) is 4.40. The van der Waals surface area contributed by atoms with Crippen molar-refractivity contribution >= 4 is 46.6 Å². The van der Waals surface area contributed by atoms with Gasteiger partial charge in [-0.15, -0.1) is 11.8 Å². The summed E-state index contributed by atoms with van der Waals surface area (Å²) >= 11 is 7.18. The molecule has 2 aromatic carbocycles. The van der Waals surface area contributed by atoms with Crippen LogP contribution in [0.5, 0.6) is 5.75 Å². The Labute approximate surface area is 162 Å². The van der Waals surface area contributed by atoms with Crippen molar-refractivity contribution in [1.82, 2.24) is 0 Å². The predicted octanol–water partition coefficient (Wildman–Crippen LogP) is 4.36. The molecular weight excluding hydrogens is 372 g/mol. The molecule has 2 rings (SSSR count). The molecule has 0 aliphatic carbocycles. The van der Waals surface area contributed by atoms with Gasteiger partial charge >= 0.3 is 0 Å². The molecule has 5 nitrogen and oxygen atoms in total. The Bertz CT molecular complexity index is 766. The topological polar surface area (TPSA) is 67.4 Å². The number of anilines is 2. The van der Waals surface area contributed by atoms with Gasteiger partial charge in [0.15, 0.2) is 0 Å². The van der Waals surface area contributed by atoms with Crippen molar-refractivity contribution in [2.45, 2.75) is 13.8 Å². The lowest BCUT2D eigenvalue weighted by atomic mass is 10.2. The molecule has 0 spiro atoms. The molecule has 0 unspecified atom stereocenters. The summed E-state index contributed by atoms with van der Waals surface area (Å²) in [6, 6.07) is 12.5. The highest BCUT2D eigenvalue weighted by Gasteiger charge is 2.08. The highest BCUT2D eigenvalue weighted by Crippen LogP contribution is 2.20. The summed E-state index contributed by atoms with van der Waals surface area (Å²) in [5.41, 5.74) is 2.31. The van der Waals surface area contributed by atoms with E-state index in [0.717, 1.165) is 11.3 Å². The van der Waals surface area contributed by atoms with Crippen LogP contribution >= 0.6 is 23.4 Å². The summed E-state index contributed by atoms with van der Waals surface area (Å²) < 4.78 is 5.35. The van der Waals surface area contributed by atoms with Crippen LogP contribution in [0.1, 0.15) is 12.5 Å². The van der Waals surface area contributed by atoms with Crippen LogP contribution in [0.25, 0.3) is 0 Å². The van der Waals surface area contributed by atoms with Crippen LogP contribution in [-0.2, 0) is 9.59 Å². The molecule has 0 radical (unpaired) electrons. The van der Waals surface area contributed by atoms with Crippen molar-refractivity contribution in [1.29, 1.82) is 0 Å². The average molecular weight is 393 g/mol. The van der Waals surface area contributed by atoms with Crippen molar-refractivity contribution < 1.29 is 14.3 Å². The number of ether oxygens (including phenoxy) is 1. The van der Waals surface area contributed by atoms with Gasteiger partial charge in [-0.2, -0.15) is 0 Å². The van der Waals surface area contributed by atoms with Crippen LogP contribution in [0.4, 0.5) is 11.4 Å². The van der Waals surface area contributed by atoms with E-state index in [1.165, 1.54) is 11.8 Å². The highest BCUT2D eigenvalue weighted by atomic mass is 35.5. The maximum Gasteiger partial charge on any atom is 0.234 e. The van der Waals surface area contributed by atoms with E-state index in [9.17, 15) is 9.59 Å². The minimum atomic E-state index is -0.172. The van der Waals surface area contributed by atoms with E-state index < -0.39 is 0 Å². The number of rotatable bonds is 8. The number of hydrogen-bond acceptors (Lipinski definition) is 4. The molecule has 0 saturated heterocycles. The maximum absolute atomic E-state index is 12.0. The van der Waals surface area contributed by atoms with Crippen LogP contribution in [0.15, 0.2) is 42.5 Å². The molecule has 0 atom stereocenters. The minimum absolute atomic E-state index is 0.161. The molecule has 2 amide bonds. The second-order valence-corrected chi connectivity index (χ2v) is 6.93. The first kappa shape index (κ1) is 20.1. The van der Waals surface area contributed by atoms with E-state index >= 15 is 0 Å². The van der Waals surface area contributed by atoms with Gasteiger partial charge < -0.3 is 15.4 Å². The zero-order valence-corrected chi connectivity index (χ0v) is 16.2. The van der Waals surface area contributed by atoms with Crippen LogP contribution in [0, 0.1) is 6.92 Å². The van der Waals surface area contributed by atoms with Gasteiger partial charge in [-0.05, 0) is 55.8 Å². The Morgan fingerprint density at radius 1 is 1.04 bits per heavy atom. The molecule has 7 heteroatoms. The Morgan fingerprint density at radius 2 is 1.69 bits per heavy atom. The average Bonchev–Trinajstić information content (AvgIpc) is 2.60. The Balaban J connectivity index is 1.73. The van der Waals surface area contributed by atoms with Gasteiger partial charge in [-0.25, -0.2) is 0 Å². The number of amides is 2. The Hall–Kier alpha value is -2.18. The zero-order valence-electron chi connectivity index (χ0n) is 14.7. The number of carbonyl (C=O) groups is 2. The number of hydrogen-bond donors (Lipinski definition) is 2. The zero-order chi connectivity index (χ0) is 18.9. The fraction of sp³-hybridized carbons (Fsp3) is 0.263. The Kier molecular flexibility index (Phi) is 7.81. The fourth-order valence-electron chi connectivity index (χ4n) is 2.15. The summed E-state index contributed by atoms with van der Waals surface area (Å²) in [5.74, 6) is 0.797. The third-order valence-corrected chi connectivity index (χ3v) is 4.56. The van der Waals surface area contributed by atoms with Gasteiger partial charge in [0.1, 0.15) is 5.75 Å². The fourth-order valence-corrected chi connectivity index (χ4v) is 2.94. The smallest absolute Gasteiger partial charge is 0.234 e. The van der Waals surface area contributed by atoms with Crippen molar-refractivity contribution in [3.63, 3.8) is 0 Å². The number of nitrogens with one attached hydrogen (secondary N) is 2. The van der Waals surface area contributed by atoms with E-state index in [1.54, 1.807) is 36.4 Å². The first-order valence-electron chi connectivity index (χ1n) is 8.14. The van der Waals surface area contributed by atoms with Crippen LogP contribution in [0.3, 0.4) is 0 Å². The van der Waals surface area contributed by atoms with E-state index in [1.807, 2.05) is 19.9 Å². The minimum Gasteiger partial charge on any atom is -0.494 e. The van der Waals surface area contributed by atoms with Crippen LogP contribution in [-0.4, -0.2) is 29.9 Å². The van der Waals surface area contributed by atoms with Crippen molar-refractivity contribution in [2.24, 2.45) is 0 Å². The summed E-state index contributed by atoms with van der Waals surface area (Å²) in [4.78, 5) is 23.9. The van der Waals surface area contributed by atoms with Crippen molar-refractivity contribution in [2.75, 3.05) is 28.7 Å². The lowest BCUT2D eigenvalue weighted by Gasteiger charge is -2.09. The third kappa shape index (κ3) is 6.61. The number of carbonyl (C=O) groups excluding carboxylic acids is 2.